The molecule has 2 aliphatic rings. The maximum absolute atomic E-state index is 13.1. The molecule has 0 radical (unpaired) electrons. The van der Waals surface area contributed by atoms with Gasteiger partial charge in [-0.1, -0.05) is 14.9 Å². The normalized spacial score (nSPS) is 21.1. The molecule has 0 aliphatic carbocycles. The van der Waals surface area contributed by atoms with Gasteiger partial charge in [0.25, 0.3) is 5.92 Å². The maximum Gasteiger partial charge on any atom is 0.411 e. The van der Waals surface area contributed by atoms with E-state index in [-0.39, 0.29) is 33.6 Å². The quantitative estimate of drug-likeness (QED) is 0.440. The summed E-state index contributed by atoms with van der Waals surface area (Å²) in [5.74, 6) is -3.71. The van der Waals surface area contributed by atoms with Gasteiger partial charge in [-0.25, -0.2) is 23.2 Å². The van der Waals surface area contributed by atoms with Gasteiger partial charge in [-0.05, 0) is 41.5 Å². The number of rotatable bonds is 2. The van der Waals surface area contributed by atoms with Gasteiger partial charge in [0, 0.05) is 12.8 Å². The number of carbonyl (C=O) groups excluding carboxylic acids is 4. The second-order valence-electron chi connectivity index (χ2n) is 9.89. The first kappa shape index (κ1) is 34.7. The number of esters is 1. The number of ether oxygens (including phenoxy) is 3. The minimum Gasteiger partial charge on any atom is -0.467 e. The molecule has 1 N–H and O–H groups in total. The third kappa shape index (κ3) is 11.2. The largest absolute Gasteiger partial charge is 0.467 e. The van der Waals surface area contributed by atoms with Gasteiger partial charge in [0.15, 0.2) is 5.78 Å². The van der Waals surface area contributed by atoms with Gasteiger partial charge in [0.1, 0.15) is 17.2 Å². The van der Waals surface area contributed by atoms with Crippen molar-refractivity contribution in [1.29, 1.82) is 0 Å². The van der Waals surface area contributed by atoms with Crippen LogP contribution >= 0.6 is 0 Å². The Morgan fingerprint density at radius 1 is 1.00 bits per heavy atom. The SMILES string of the molecule is C.C.CC(C)(C)OC(=O)N1CC(F)(F)C[C@@H]1CO.COC(=O)[C@H]1CC(=O)CN1C(=O)OC(C)(C)C. The molecule has 206 valence electrons. The van der Waals surface area contributed by atoms with Crippen molar-refractivity contribution < 1.29 is 47.3 Å². The number of Topliss-reactive ketones (excluding diaryl/α,β-unsaturated/α-hetero) is 1. The molecule has 0 unspecified atom stereocenters. The van der Waals surface area contributed by atoms with E-state index in [1.54, 1.807) is 41.5 Å². The van der Waals surface area contributed by atoms with E-state index in [0.717, 1.165) is 9.80 Å². The van der Waals surface area contributed by atoms with Crippen LogP contribution in [0, 0.1) is 0 Å². The van der Waals surface area contributed by atoms with Crippen molar-refractivity contribution in [1.82, 2.24) is 9.80 Å². The highest BCUT2D eigenvalue weighted by molar-refractivity contribution is 5.95. The molecule has 0 aromatic heterocycles. The monoisotopic (exact) mass is 512 g/mol. The number of nitrogens with zero attached hydrogens (tertiary/aromatic N) is 2. The molecule has 0 aromatic carbocycles. The van der Waals surface area contributed by atoms with E-state index < -0.39 is 66.9 Å². The van der Waals surface area contributed by atoms with Gasteiger partial charge in [0.2, 0.25) is 0 Å². The van der Waals surface area contributed by atoms with Crippen LogP contribution in [0.3, 0.4) is 0 Å². The first-order valence-corrected chi connectivity index (χ1v) is 10.5. The highest BCUT2D eigenvalue weighted by Crippen LogP contribution is 2.32. The van der Waals surface area contributed by atoms with Crippen molar-refractivity contribution >= 4 is 23.9 Å². The zero-order chi connectivity index (χ0) is 25.8. The molecule has 2 heterocycles. The Morgan fingerprint density at radius 2 is 1.46 bits per heavy atom. The Labute approximate surface area is 206 Å². The van der Waals surface area contributed by atoms with Crippen molar-refractivity contribution in [2.45, 2.75) is 98.4 Å². The third-order valence-corrected chi connectivity index (χ3v) is 4.46. The van der Waals surface area contributed by atoms with Gasteiger partial charge in [-0.2, -0.15) is 0 Å². The number of likely N-dealkylation sites (tertiary alicyclic amines) is 2. The van der Waals surface area contributed by atoms with Gasteiger partial charge in [-0.3, -0.25) is 14.6 Å². The first-order valence-electron chi connectivity index (χ1n) is 10.5. The number of aliphatic hydroxyl groups excluding tert-OH is 1. The molecule has 0 bridgehead atoms. The van der Waals surface area contributed by atoms with Crippen LogP contribution < -0.4 is 0 Å². The highest BCUT2D eigenvalue weighted by Gasteiger charge is 2.48. The van der Waals surface area contributed by atoms with Crippen LogP contribution in [0.4, 0.5) is 18.4 Å². The first-order chi connectivity index (χ1) is 14.9. The zero-order valence-corrected chi connectivity index (χ0v) is 20.1. The van der Waals surface area contributed by atoms with Crippen molar-refractivity contribution in [3.63, 3.8) is 0 Å². The summed E-state index contributed by atoms with van der Waals surface area (Å²) in [5, 5.41) is 8.93. The Bertz CT molecular complexity index is 747. The van der Waals surface area contributed by atoms with Crippen LogP contribution in [0.5, 0.6) is 0 Å². The molecule has 2 atom stereocenters. The number of hydrogen-bond acceptors (Lipinski definition) is 8. The molecule has 12 heteroatoms. The molecule has 2 amide bonds. The summed E-state index contributed by atoms with van der Waals surface area (Å²) in [6, 6.07) is -1.72. The standard InChI is InChI=1S/C11H17NO5.C10H17F2NO3.2CH4/c1-11(2,3)17-10(15)12-6-7(13)5-8(12)9(14)16-4;1-9(2,3)16-8(15)13-6-10(11,12)4-7(13)5-14;;/h8H,5-6H2,1-4H3;7,14H,4-6H2,1-3H3;2*1H4/t8-;7-;;/m11../s1. The number of aliphatic hydroxyl groups is 1. The lowest BCUT2D eigenvalue weighted by Crippen LogP contribution is -2.43. The highest BCUT2D eigenvalue weighted by atomic mass is 19.3. The summed E-state index contributed by atoms with van der Waals surface area (Å²) in [5.41, 5.74) is -1.39. The van der Waals surface area contributed by atoms with Crippen LogP contribution in [-0.2, 0) is 23.8 Å². The predicted molar refractivity (Wildman–Crippen MR) is 125 cm³/mol. The molecule has 35 heavy (non-hydrogen) atoms. The average molecular weight is 513 g/mol. The minimum absolute atomic E-state index is 0. The summed E-state index contributed by atoms with van der Waals surface area (Å²) in [6.07, 6.45) is -1.99. The van der Waals surface area contributed by atoms with Crippen LogP contribution in [-0.4, -0.2) is 94.9 Å². The molecule has 0 saturated carbocycles. The Kier molecular flexibility index (Phi) is 12.9. The maximum atomic E-state index is 13.1. The molecule has 2 saturated heterocycles. The van der Waals surface area contributed by atoms with E-state index in [9.17, 15) is 28.0 Å². The van der Waals surface area contributed by atoms with Crippen LogP contribution in [0.25, 0.3) is 0 Å². The number of hydrogen-bond donors (Lipinski definition) is 1. The lowest BCUT2D eigenvalue weighted by atomic mass is 10.2. The van der Waals surface area contributed by atoms with E-state index >= 15 is 0 Å². The van der Waals surface area contributed by atoms with E-state index in [0.29, 0.717) is 0 Å². The van der Waals surface area contributed by atoms with Crippen molar-refractivity contribution in [2.24, 2.45) is 0 Å². The van der Waals surface area contributed by atoms with Gasteiger partial charge >= 0.3 is 18.2 Å². The van der Waals surface area contributed by atoms with Gasteiger partial charge in [-0.15, -0.1) is 0 Å². The summed E-state index contributed by atoms with van der Waals surface area (Å²) in [4.78, 5) is 48.1. The smallest absolute Gasteiger partial charge is 0.411 e. The summed E-state index contributed by atoms with van der Waals surface area (Å²) >= 11 is 0. The van der Waals surface area contributed by atoms with Crippen LogP contribution in [0.2, 0.25) is 0 Å². The van der Waals surface area contributed by atoms with Gasteiger partial charge < -0.3 is 19.3 Å². The zero-order valence-electron chi connectivity index (χ0n) is 20.1. The third-order valence-electron chi connectivity index (χ3n) is 4.46. The van der Waals surface area contributed by atoms with Crippen LogP contribution in [0.15, 0.2) is 0 Å². The topological polar surface area (TPSA) is 123 Å². The fourth-order valence-electron chi connectivity index (χ4n) is 3.14. The Hall–Kier alpha value is -2.50. The summed E-state index contributed by atoms with van der Waals surface area (Å²) in [6.45, 7) is 8.87. The van der Waals surface area contributed by atoms with E-state index in [2.05, 4.69) is 4.74 Å². The number of methoxy groups -OCH3 is 1. The Morgan fingerprint density at radius 3 is 1.86 bits per heavy atom. The fourth-order valence-corrected chi connectivity index (χ4v) is 3.14. The fraction of sp³-hybridized carbons (Fsp3) is 0.826. The number of ketones is 1. The molecule has 10 nitrogen and oxygen atoms in total. The number of amides is 2. The number of carbonyl (C=O) groups is 4. The molecule has 2 fully saturated rings. The van der Waals surface area contributed by atoms with E-state index in [4.69, 9.17) is 14.6 Å². The van der Waals surface area contributed by atoms with Crippen molar-refractivity contribution in [2.75, 3.05) is 26.8 Å². The van der Waals surface area contributed by atoms with E-state index in [1.165, 1.54) is 7.11 Å². The van der Waals surface area contributed by atoms with Crippen LogP contribution in [0.1, 0.15) is 69.2 Å². The van der Waals surface area contributed by atoms with Gasteiger partial charge in [0.05, 0.1) is 32.8 Å². The molecular formula is C23H42F2N2O8. The summed E-state index contributed by atoms with van der Waals surface area (Å²) in [7, 11) is 1.22. The number of alkyl halides is 2. The average Bonchev–Trinajstić information content (AvgIpc) is 3.18. The van der Waals surface area contributed by atoms with Crippen molar-refractivity contribution in [3.8, 4) is 0 Å². The second-order valence-corrected chi connectivity index (χ2v) is 9.89. The predicted octanol–water partition coefficient (Wildman–Crippen LogP) is 3.63. The minimum atomic E-state index is -2.94. The second kappa shape index (κ2) is 13.0. The molecule has 2 rings (SSSR count). The lowest BCUT2D eigenvalue weighted by molar-refractivity contribution is -0.145. The summed E-state index contributed by atoms with van der Waals surface area (Å²) < 4.78 is 40.8. The molecular weight excluding hydrogens is 470 g/mol. The molecule has 0 spiro atoms. The molecule has 2 aliphatic heterocycles. The molecule has 0 aromatic rings. The number of halogens is 2. The lowest BCUT2D eigenvalue weighted by Gasteiger charge is -2.27. The Balaban J connectivity index is 0. The van der Waals surface area contributed by atoms with Crippen molar-refractivity contribution in [3.05, 3.63) is 0 Å². The van der Waals surface area contributed by atoms with E-state index in [1.807, 2.05) is 0 Å².